The first-order chi connectivity index (χ1) is 5.93. The molecule has 0 bridgehead atoms. The van der Waals surface area contributed by atoms with Gasteiger partial charge in [0.15, 0.2) is 0 Å². The molecule has 0 aliphatic heterocycles. The first kappa shape index (κ1) is 12.0. The minimum atomic E-state index is 0.376. The van der Waals surface area contributed by atoms with Gasteiger partial charge in [-0.1, -0.05) is 38.5 Å². The molecular formula is C12H20O. The third-order valence-electron chi connectivity index (χ3n) is 1.35. The van der Waals surface area contributed by atoms with Crippen molar-refractivity contribution in [2.45, 2.75) is 34.6 Å². The van der Waals surface area contributed by atoms with Crippen LogP contribution in [0.1, 0.15) is 31.9 Å². The third kappa shape index (κ3) is 6.21. The molecule has 0 fully saturated rings. The van der Waals surface area contributed by atoms with E-state index in [0.717, 1.165) is 11.5 Å². The summed E-state index contributed by atoms with van der Waals surface area (Å²) in [5.41, 5.74) is 2.13. The lowest BCUT2D eigenvalue weighted by molar-refractivity contribution is 0.471. The van der Waals surface area contributed by atoms with Crippen molar-refractivity contribution in [3.05, 3.63) is 29.3 Å². The maximum Gasteiger partial charge on any atom is 0.118 e. The van der Waals surface area contributed by atoms with E-state index in [0.29, 0.717) is 5.75 Å². The number of hydrogen-bond acceptors (Lipinski definition) is 1. The number of aryl methyl sites for hydroxylation is 2. The van der Waals surface area contributed by atoms with Crippen molar-refractivity contribution in [1.82, 2.24) is 0 Å². The fourth-order valence-electron chi connectivity index (χ4n) is 0.805. The van der Waals surface area contributed by atoms with E-state index in [2.05, 4.69) is 20.8 Å². The minimum absolute atomic E-state index is 0.376. The molecule has 1 aromatic carbocycles. The second-order valence-electron chi connectivity index (χ2n) is 4.02. The minimum Gasteiger partial charge on any atom is -0.508 e. The molecule has 0 atom stereocenters. The summed E-state index contributed by atoms with van der Waals surface area (Å²) in [4.78, 5) is 0. The summed E-state index contributed by atoms with van der Waals surface area (Å²) in [7, 11) is 0. The van der Waals surface area contributed by atoms with Crippen molar-refractivity contribution in [1.29, 1.82) is 0 Å². The lowest BCUT2D eigenvalue weighted by Gasteiger charge is -1.97. The summed E-state index contributed by atoms with van der Waals surface area (Å²) >= 11 is 0. The molecule has 0 radical (unpaired) electrons. The molecule has 74 valence electrons. The summed E-state index contributed by atoms with van der Waals surface area (Å²) in [6.45, 7) is 10.4. The molecule has 0 aliphatic carbocycles. The predicted molar refractivity (Wildman–Crippen MR) is 58.1 cm³/mol. The van der Waals surface area contributed by atoms with E-state index in [-0.39, 0.29) is 0 Å². The fourth-order valence-corrected chi connectivity index (χ4v) is 0.805. The molecule has 0 aromatic heterocycles. The van der Waals surface area contributed by atoms with Crippen LogP contribution in [-0.2, 0) is 0 Å². The Hall–Kier alpha value is -0.980. The maximum atomic E-state index is 9.04. The van der Waals surface area contributed by atoms with Crippen LogP contribution in [0, 0.1) is 19.8 Å². The molecule has 0 heterocycles. The summed E-state index contributed by atoms with van der Waals surface area (Å²) in [5.74, 6) is 1.21. The van der Waals surface area contributed by atoms with Gasteiger partial charge >= 0.3 is 0 Å². The predicted octanol–water partition coefficient (Wildman–Crippen LogP) is 3.67. The van der Waals surface area contributed by atoms with Gasteiger partial charge in [-0.25, -0.2) is 0 Å². The number of benzene rings is 1. The summed E-state index contributed by atoms with van der Waals surface area (Å²) in [6, 6.07) is 5.56. The Morgan fingerprint density at radius 3 is 1.85 bits per heavy atom. The van der Waals surface area contributed by atoms with Crippen molar-refractivity contribution in [2.24, 2.45) is 5.92 Å². The molecule has 13 heavy (non-hydrogen) atoms. The molecular weight excluding hydrogens is 160 g/mol. The van der Waals surface area contributed by atoms with Gasteiger partial charge in [-0.15, -0.1) is 0 Å². The topological polar surface area (TPSA) is 20.2 Å². The van der Waals surface area contributed by atoms with E-state index in [1.54, 1.807) is 6.07 Å². The highest BCUT2D eigenvalue weighted by Crippen LogP contribution is 2.15. The van der Waals surface area contributed by atoms with Crippen LogP contribution in [0.4, 0.5) is 0 Å². The average molecular weight is 180 g/mol. The lowest BCUT2D eigenvalue weighted by Crippen LogP contribution is -1.75. The zero-order chi connectivity index (χ0) is 10.4. The molecule has 1 aromatic rings. The van der Waals surface area contributed by atoms with Crippen LogP contribution in [-0.4, -0.2) is 5.11 Å². The summed E-state index contributed by atoms with van der Waals surface area (Å²) in [5, 5.41) is 9.04. The van der Waals surface area contributed by atoms with E-state index >= 15 is 0 Å². The Labute approximate surface area is 81.4 Å². The highest BCUT2D eigenvalue weighted by molar-refractivity contribution is 5.34. The highest BCUT2D eigenvalue weighted by Gasteiger charge is 1.91. The van der Waals surface area contributed by atoms with Gasteiger partial charge in [-0.2, -0.15) is 0 Å². The van der Waals surface area contributed by atoms with Crippen molar-refractivity contribution in [2.75, 3.05) is 0 Å². The second kappa shape index (κ2) is 5.63. The molecule has 1 N–H and O–H groups in total. The quantitative estimate of drug-likeness (QED) is 0.646. The Kier molecular flexibility index (Phi) is 5.20. The maximum absolute atomic E-state index is 9.04. The normalized spacial score (nSPS) is 9.38. The Balaban J connectivity index is 0.000000310. The van der Waals surface area contributed by atoms with E-state index < -0.39 is 0 Å². The monoisotopic (exact) mass is 180 g/mol. The Morgan fingerprint density at radius 2 is 1.54 bits per heavy atom. The number of hydrogen-bond donors (Lipinski definition) is 1. The molecule has 0 unspecified atom stereocenters. The SMILES string of the molecule is CC(C)C.Cc1ccc(O)c(C)c1. The van der Waals surface area contributed by atoms with Crippen LogP contribution in [0.25, 0.3) is 0 Å². The molecule has 1 heteroatoms. The van der Waals surface area contributed by atoms with Gasteiger partial charge in [-0.3, -0.25) is 0 Å². The Morgan fingerprint density at radius 1 is 1.08 bits per heavy atom. The standard InChI is InChI=1S/C8H10O.C4H10/c1-6-3-4-8(9)7(2)5-6;1-4(2)3/h3-5,9H,1-2H3;4H,1-3H3. The largest absolute Gasteiger partial charge is 0.508 e. The first-order valence-corrected chi connectivity index (χ1v) is 4.69. The molecule has 1 nitrogen and oxygen atoms in total. The number of phenolic OH excluding ortho intramolecular Hbond substituents is 1. The molecule has 0 spiro atoms. The van der Waals surface area contributed by atoms with E-state index in [4.69, 9.17) is 5.11 Å². The zero-order valence-electron chi connectivity index (χ0n) is 9.26. The van der Waals surface area contributed by atoms with Gasteiger partial charge in [0.25, 0.3) is 0 Å². The number of phenols is 1. The summed E-state index contributed by atoms with van der Waals surface area (Å²) < 4.78 is 0. The van der Waals surface area contributed by atoms with Gasteiger partial charge < -0.3 is 5.11 Å². The third-order valence-corrected chi connectivity index (χ3v) is 1.35. The van der Waals surface area contributed by atoms with Gasteiger partial charge in [0.05, 0.1) is 0 Å². The van der Waals surface area contributed by atoms with Gasteiger partial charge in [0, 0.05) is 0 Å². The highest BCUT2D eigenvalue weighted by atomic mass is 16.3. The molecule has 0 saturated heterocycles. The zero-order valence-corrected chi connectivity index (χ0v) is 9.26. The average Bonchev–Trinajstić information content (AvgIpc) is 1.96. The van der Waals surface area contributed by atoms with Crippen LogP contribution in [0.2, 0.25) is 0 Å². The smallest absolute Gasteiger partial charge is 0.118 e. The fraction of sp³-hybridized carbons (Fsp3) is 0.500. The lowest BCUT2D eigenvalue weighted by atomic mass is 10.1. The van der Waals surface area contributed by atoms with Crippen molar-refractivity contribution in [3.8, 4) is 5.75 Å². The van der Waals surface area contributed by atoms with E-state index in [9.17, 15) is 0 Å². The van der Waals surface area contributed by atoms with Crippen molar-refractivity contribution >= 4 is 0 Å². The van der Waals surface area contributed by atoms with Crippen molar-refractivity contribution < 1.29 is 5.11 Å². The molecule has 0 aliphatic rings. The Bertz CT molecular complexity index is 249. The second-order valence-corrected chi connectivity index (χ2v) is 4.02. The number of aromatic hydroxyl groups is 1. The van der Waals surface area contributed by atoms with Gasteiger partial charge in [-0.05, 0) is 31.4 Å². The van der Waals surface area contributed by atoms with Crippen LogP contribution in [0.15, 0.2) is 18.2 Å². The van der Waals surface area contributed by atoms with E-state index in [1.165, 1.54) is 5.56 Å². The van der Waals surface area contributed by atoms with Crippen LogP contribution in [0.3, 0.4) is 0 Å². The van der Waals surface area contributed by atoms with Crippen LogP contribution in [0.5, 0.6) is 5.75 Å². The van der Waals surface area contributed by atoms with Gasteiger partial charge in [0.1, 0.15) is 5.75 Å². The number of rotatable bonds is 0. The summed E-state index contributed by atoms with van der Waals surface area (Å²) in [6.07, 6.45) is 0. The van der Waals surface area contributed by atoms with Crippen LogP contribution >= 0.6 is 0 Å². The van der Waals surface area contributed by atoms with Gasteiger partial charge in [0.2, 0.25) is 0 Å². The van der Waals surface area contributed by atoms with E-state index in [1.807, 2.05) is 26.0 Å². The van der Waals surface area contributed by atoms with Crippen LogP contribution < -0.4 is 0 Å². The molecule has 0 amide bonds. The molecule has 1 rings (SSSR count). The first-order valence-electron chi connectivity index (χ1n) is 4.69. The van der Waals surface area contributed by atoms with Crippen molar-refractivity contribution in [3.63, 3.8) is 0 Å². The molecule has 0 saturated carbocycles.